The van der Waals surface area contributed by atoms with Crippen LogP contribution >= 0.6 is 23.2 Å². The summed E-state index contributed by atoms with van der Waals surface area (Å²) in [5.41, 5.74) is 0.301. The van der Waals surface area contributed by atoms with Gasteiger partial charge >= 0.3 is 0 Å². The van der Waals surface area contributed by atoms with Gasteiger partial charge in [0.2, 0.25) is 5.91 Å². The van der Waals surface area contributed by atoms with Crippen molar-refractivity contribution < 1.29 is 14.3 Å². The van der Waals surface area contributed by atoms with Crippen LogP contribution in [0.1, 0.15) is 16.8 Å². The molecule has 0 bridgehead atoms. The van der Waals surface area contributed by atoms with E-state index in [0.717, 1.165) is 0 Å². The molecule has 8 heteroatoms. The molecule has 0 saturated carbocycles. The summed E-state index contributed by atoms with van der Waals surface area (Å²) in [5, 5.41) is 5.52. The monoisotopic (exact) mass is 319 g/mol. The zero-order chi connectivity index (χ0) is 15.0. The minimum Gasteiger partial charge on any atom is -0.383 e. The van der Waals surface area contributed by atoms with E-state index >= 15 is 0 Å². The highest BCUT2D eigenvalue weighted by atomic mass is 35.5. The summed E-state index contributed by atoms with van der Waals surface area (Å²) in [5.74, 6) is -0.519. The van der Waals surface area contributed by atoms with Crippen LogP contribution < -0.4 is 10.6 Å². The van der Waals surface area contributed by atoms with Crippen LogP contribution in [0.5, 0.6) is 0 Å². The first kappa shape index (κ1) is 16.7. The summed E-state index contributed by atoms with van der Waals surface area (Å²) in [7, 11) is 1.55. The van der Waals surface area contributed by atoms with Gasteiger partial charge in [0, 0.05) is 32.2 Å². The van der Waals surface area contributed by atoms with Gasteiger partial charge in [-0.15, -0.1) is 0 Å². The van der Waals surface area contributed by atoms with E-state index < -0.39 is 0 Å². The molecule has 0 aliphatic heterocycles. The van der Waals surface area contributed by atoms with Crippen molar-refractivity contribution in [2.75, 3.05) is 26.8 Å². The quantitative estimate of drug-likeness (QED) is 0.586. The SMILES string of the molecule is COCCNC(=O)CCNC(=O)c1cc(Cl)nc(Cl)c1. The average Bonchev–Trinajstić information content (AvgIpc) is 2.37. The number of rotatable bonds is 7. The second-order valence-electron chi connectivity index (χ2n) is 3.85. The summed E-state index contributed by atoms with van der Waals surface area (Å²) < 4.78 is 4.80. The lowest BCUT2D eigenvalue weighted by atomic mass is 10.2. The molecule has 1 rings (SSSR count). The summed E-state index contributed by atoms with van der Waals surface area (Å²) in [6.45, 7) is 1.11. The van der Waals surface area contributed by atoms with Crippen LogP contribution in [0.25, 0.3) is 0 Å². The van der Waals surface area contributed by atoms with Crippen LogP contribution in [-0.4, -0.2) is 43.6 Å². The Morgan fingerprint density at radius 1 is 1.20 bits per heavy atom. The number of hydrogen-bond acceptors (Lipinski definition) is 4. The number of amides is 2. The number of carbonyl (C=O) groups excluding carboxylic acids is 2. The number of nitrogens with one attached hydrogen (secondary N) is 2. The highest BCUT2D eigenvalue weighted by Gasteiger charge is 2.09. The minimum absolute atomic E-state index is 0.139. The summed E-state index contributed by atoms with van der Waals surface area (Å²) >= 11 is 11.4. The van der Waals surface area contributed by atoms with Crippen molar-refractivity contribution in [3.63, 3.8) is 0 Å². The third-order valence-corrected chi connectivity index (χ3v) is 2.68. The molecule has 0 aromatic carbocycles. The number of hydrogen-bond donors (Lipinski definition) is 2. The van der Waals surface area contributed by atoms with Gasteiger partial charge in [-0.2, -0.15) is 0 Å². The lowest BCUT2D eigenvalue weighted by Gasteiger charge is -2.07. The second-order valence-corrected chi connectivity index (χ2v) is 4.62. The molecular formula is C12H15Cl2N3O3. The molecule has 6 nitrogen and oxygen atoms in total. The molecule has 20 heavy (non-hydrogen) atoms. The largest absolute Gasteiger partial charge is 0.383 e. The number of ether oxygens (including phenoxy) is 1. The molecule has 0 radical (unpaired) electrons. The van der Waals surface area contributed by atoms with Gasteiger partial charge < -0.3 is 15.4 Å². The normalized spacial score (nSPS) is 10.2. The van der Waals surface area contributed by atoms with Crippen molar-refractivity contribution in [3.05, 3.63) is 28.0 Å². The van der Waals surface area contributed by atoms with E-state index in [0.29, 0.717) is 18.7 Å². The maximum absolute atomic E-state index is 11.8. The Bertz CT molecular complexity index is 463. The Morgan fingerprint density at radius 2 is 1.85 bits per heavy atom. The first-order valence-electron chi connectivity index (χ1n) is 5.90. The molecule has 0 aliphatic rings. The van der Waals surface area contributed by atoms with Gasteiger partial charge in [0.15, 0.2) is 0 Å². The van der Waals surface area contributed by atoms with Gasteiger partial charge in [0.25, 0.3) is 5.91 Å². The Balaban J connectivity index is 2.34. The van der Waals surface area contributed by atoms with Gasteiger partial charge in [-0.1, -0.05) is 23.2 Å². The Hall–Kier alpha value is -1.37. The molecule has 0 saturated heterocycles. The van der Waals surface area contributed by atoms with Gasteiger partial charge in [-0.25, -0.2) is 4.98 Å². The van der Waals surface area contributed by atoms with Crippen molar-refractivity contribution in [2.45, 2.75) is 6.42 Å². The second kappa shape index (κ2) is 8.73. The molecular weight excluding hydrogens is 305 g/mol. The first-order valence-corrected chi connectivity index (χ1v) is 6.65. The van der Waals surface area contributed by atoms with Crippen molar-refractivity contribution in [2.24, 2.45) is 0 Å². The molecule has 0 spiro atoms. The van der Waals surface area contributed by atoms with Crippen LogP contribution in [0.2, 0.25) is 10.3 Å². The van der Waals surface area contributed by atoms with Gasteiger partial charge in [-0.05, 0) is 12.1 Å². The van der Waals surface area contributed by atoms with E-state index in [4.69, 9.17) is 27.9 Å². The highest BCUT2D eigenvalue weighted by Crippen LogP contribution is 2.14. The third kappa shape index (κ3) is 6.18. The molecule has 1 heterocycles. The van der Waals surface area contributed by atoms with Crippen molar-refractivity contribution in [1.82, 2.24) is 15.6 Å². The summed E-state index contributed by atoms with van der Waals surface area (Å²) in [6, 6.07) is 2.81. The Morgan fingerprint density at radius 3 is 2.45 bits per heavy atom. The maximum Gasteiger partial charge on any atom is 0.251 e. The van der Waals surface area contributed by atoms with E-state index in [2.05, 4.69) is 15.6 Å². The van der Waals surface area contributed by atoms with Gasteiger partial charge in [-0.3, -0.25) is 9.59 Å². The standard InChI is InChI=1S/C12H15Cl2N3O3/c1-20-5-4-15-11(18)2-3-16-12(19)8-6-9(13)17-10(14)7-8/h6-7H,2-5H2,1H3,(H,15,18)(H,16,19). The zero-order valence-corrected chi connectivity index (χ0v) is 12.4. The lowest BCUT2D eigenvalue weighted by molar-refractivity contribution is -0.121. The fraction of sp³-hybridized carbons (Fsp3) is 0.417. The van der Waals surface area contributed by atoms with Crippen molar-refractivity contribution in [3.8, 4) is 0 Å². The zero-order valence-electron chi connectivity index (χ0n) is 10.9. The molecule has 0 aliphatic carbocycles. The number of methoxy groups -OCH3 is 1. The number of aromatic nitrogens is 1. The third-order valence-electron chi connectivity index (χ3n) is 2.29. The van der Waals surface area contributed by atoms with Gasteiger partial charge in [0.05, 0.1) is 6.61 Å². The summed E-state index contributed by atoms with van der Waals surface area (Å²) in [6.07, 6.45) is 0.183. The minimum atomic E-state index is -0.360. The lowest BCUT2D eigenvalue weighted by Crippen LogP contribution is -2.32. The van der Waals surface area contributed by atoms with Crippen LogP contribution in [0.15, 0.2) is 12.1 Å². The number of pyridine rings is 1. The van der Waals surface area contributed by atoms with E-state index in [1.807, 2.05) is 0 Å². The predicted molar refractivity (Wildman–Crippen MR) is 76.1 cm³/mol. The number of halogens is 2. The molecule has 1 aromatic heterocycles. The maximum atomic E-state index is 11.8. The smallest absolute Gasteiger partial charge is 0.251 e. The van der Waals surface area contributed by atoms with Crippen LogP contribution in [0.4, 0.5) is 0 Å². The fourth-order valence-electron chi connectivity index (χ4n) is 1.37. The number of nitrogens with zero attached hydrogens (tertiary/aromatic N) is 1. The Kier molecular flexibility index (Phi) is 7.28. The highest BCUT2D eigenvalue weighted by molar-refractivity contribution is 6.33. The van der Waals surface area contributed by atoms with E-state index in [1.54, 1.807) is 7.11 Å². The fourth-order valence-corrected chi connectivity index (χ4v) is 1.83. The first-order chi connectivity index (χ1) is 9.52. The van der Waals surface area contributed by atoms with E-state index in [9.17, 15) is 9.59 Å². The van der Waals surface area contributed by atoms with Crippen molar-refractivity contribution >= 4 is 35.0 Å². The molecule has 2 amide bonds. The topological polar surface area (TPSA) is 80.3 Å². The van der Waals surface area contributed by atoms with Crippen LogP contribution in [-0.2, 0) is 9.53 Å². The van der Waals surface area contributed by atoms with Gasteiger partial charge in [0.1, 0.15) is 10.3 Å². The molecule has 0 fully saturated rings. The molecule has 1 aromatic rings. The van der Waals surface area contributed by atoms with Crippen LogP contribution in [0.3, 0.4) is 0 Å². The van der Waals surface area contributed by atoms with E-state index in [-0.39, 0.29) is 35.1 Å². The van der Waals surface area contributed by atoms with Crippen LogP contribution in [0, 0.1) is 0 Å². The average molecular weight is 320 g/mol. The number of carbonyl (C=O) groups is 2. The van der Waals surface area contributed by atoms with E-state index in [1.165, 1.54) is 12.1 Å². The Labute approximate surface area is 126 Å². The predicted octanol–water partition coefficient (Wildman–Crippen LogP) is 1.27. The molecule has 0 atom stereocenters. The molecule has 2 N–H and O–H groups in total. The molecule has 0 unspecified atom stereocenters. The molecule has 110 valence electrons. The van der Waals surface area contributed by atoms with Crippen molar-refractivity contribution in [1.29, 1.82) is 0 Å². The summed E-state index contributed by atoms with van der Waals surface area (Å²) in [4.78, 5) is 26.9.